The first-order chi connectivity index (χ1) is 11.5. The minimum Gasteiger partial charge on any atom is -0.459 e. The second kappa shape index (κ2) is 6.50. The van der Waals surface area contributed by atoms with Gasteiger partial charge in [-0.1, -0.05) is 11.6 Å². The van der Waals surface area contributed by atoms with Crippen LogP contribution in [0.5, 0.6) is 0 Å². The highest BCUT2D eigenvalue weighted by atomic mass is 35.5. The second-order valence-electron chi connectivity index (χ2n) is 4.48. The van der Waals surface area contributed by atoms with Gasteiger partial charge in [0.05, 0.1) is 21.8 Å². The molecule has 0 aliphatic rings. The number of hydrogen-bond donors (Lipinski definition) is 0. The number of furan rings is 1. The Morgan fingerprint density at radius 3 is 2.83 bits per heavy atom. The molecule has 0 saturated carbocycles. The van der Waals surface area contributed by atoms with Crippen molar-refractivity contribution in [2.24, 2.45) is 0 Å². The number of halogens is 1. The van der Waals surface area contributed by atoms with Gasteiger partial charge in [0, 0.05) is 12.1 Å². The quantitative estimate of drug-likeness (QED) is 0.391. The monoisotopic (exact) mass is 349 g/mol. The molecule has 0 amide bonds. The van der Waals surface area contributed by atoms with Crippen molar-refractivity contribution in [3.05, 3.63) is 63.2 Å². The van der Waals surface area contributed by atoms with Crippen molar-refractivity contribution in [1.29, 1.82) is 0 Å². The summed E-state index contributed by atoms with van der Waals surface area (Å²) < 4.78 is 15.4. The molecule has 0 unspecified atom stereocenters. The summed E-state index contributed by atoms with van der Waals surface area (Å²) in [4.78, 5) is 22.0. The summed E-state index contributed by atoms with van der Waals surface area (Å²) in [6.07, 6.45) is 1.45. The van der Waals surface area contributed by atoms with Gasteiger partial charge in [0.15, 0.2) is 12.4 Å². The molecule has 24 heavy (non-hydrogen) atoms. The lowest BCUT2D eigenvalue weighted by atomic mass is 10.2. The summed E-state index contributed by atoms with van der Waals surface area (Å²) in [5.41, 5.74) is -0.232. The van der Waals surface area contributed by atoms with Crippen LogP contribution in [0.15, 0.2) is 45.4 Å². The van der Waals surface area contributed by atoms with Crippen molar-refractivity contribution in [2.75, 3.05) is 0 Å². The van der Waals surface area contributed by atoms with Crippen molar-refractivity contribution in [3.8, 4) is 11.7 Å². The number of non-ortho nitro benzene ring substituents is 1. The van der Waals surface area contributed by atoms with E-state index in [1.807, 2.05) is 0 Å². The predicted molar refractivity (Wildman–Crippen MR) is 79.2 cm³/mol. The molecule has 1 aromatic carbocycles. The molecule has 0 aliphatic carbocycles. The molecule has 0 spiro atoms. The SMILES string of the molecule is O=C(OCc1nnc(-c2ccco2)o1)c1ccc([N+](=O)[O-])cc1Cl. The van der Waals surface area contributed by atoms with Crippen LogP contribution in [0.25, 0.3) is 11.7 Å². The van der Waals surface area contributed by atoms with E-state index >= 15 is 0 Å². The van der Waals surface area contributed by atoms with E-state index in [9.17, 15) is 14.9 Å². The smallest absolute Gasteiger partial charge is 0.340 e. The second-order valence-corrected chi connectivity index (χ2v) is 4.88. The van der Waals surface area contributed by atoms with Gasteiger partial charge in [-0.25, -0.2) is 4.79 Å². The Morgan fingerprint density at radius 1 is 1.33 bits per heavy atom. The fourth-order valence-electron chi connectivity index (χ4n) is 1.80. The lowest BCUT2D eigenvalue weighted by molar-refractivity contribution is -0.384. The Balaban J connectivity index is 1.66. The lowest BCUT2D eigenvalue weighted by Gasteiger charge is -2.03. The number of carbonyl (C=O) groups is 1. The van der Waals surface area contributed by atoms with Gasteiger partial charge in [-0.2, -0.15) is 0 Å². The molecule has 10 heteroatoms. The van der Waals surface area contributed by atoms with Crippen LogP contribution in [-0.2, 0) is 11.3 Å². The van der Waals surface area contributed by atoms with Crippen molar-refractivity contribution in [2.45, 2.75) is 6.61 Å². The van der Waals surface area contributed by atoms with Gasteiger partial charge in [0.2, 0.25) is 0 Å². The highest BCUT2D eigenvalue weighted by molar-refractivity contribution is 6.33. The van der Waals surface area contributed by atoms with E-state index < -0.39 is 10.9 Å². The molecule has 0 aliphatic heterocycles. The molecule has 0 fully saturated rings. The maximum Gasteiger partial charge on any atom is 0.340 e. The van der Waals surface area contributed by atoms with Crippen LogP contribution >= 0.6 is 11.6 Å². The highest BCUT2D eigenvalue weighted by Crippen LogP contribution is 2.23. The van der Waals surface area contributed by atoms with Crippen LogP contribution < -0.4 is 0 Å². The van der Waals surface area contributed by atoms with Crippen molar-refractivity contribution in [3.63, 3.8) is 0 Å². The molecule has 2 aromatic heterocycles. The molecule has 0 saturated heterocycles. The van der Waals surface area contributed by atoms with Crippen LogP contribution in [0.2, 0.25) is 5.02 Å². The summed E-state index contributed by atoms with van der Waals surface area (Å²) in [7, 11) is 0. The molecule has 3 aromatic rings. The fourth-order valence-corrected chi connectivity index (χ4v) is 2.05. The zero-order chi connectivity index (χ0) is 17.1. The molecule has 0 bridgehead atoms. The molecule has 122 valence electrons. The van der Waals surface area contributed by atoms with E-state index in [2.05, 4.69) is 10.2 Å². The Bertz CT molecular complexity index is 890. The first kappa shape index (κ1) is 15.7. The molecular weight excluding hydrogens is 342 g/mol. The average molecular weight is 350 g/mol. The van der Waals surface area contributed by atoms with Crippen LogP contribution in [-0.4, -0.2) is 21.1 Å². The summed E-state index contributed by atoms with van der Waals surface area (Å²) in [6.45, 7) is -0.278. The van der Waals surface area contributed by atoms with Crippen LogP contribution in [0.1, 0.15) is 16.2 Å². The molecule has 2 heterocycles. The molecule has 0 atom stereocenters. The number of ether oxygens (including phenoxy) is 1. The van der Waals surface area contributed by atoms with E-state index in [4.69, 9.17) is 25.2 Å². The normalized spacial score (nSPS) is 10.5. The third-order valence-corrected chi connectivity index (χ3v) is 3.22. The fraction of sp³-hybridized carbons (Fsp3) is 0.0714. The van der Waals surface area contributed by atoms with Gasteiger partial charge in [-0.15, -0.1) is 10.2 Å². The van der Waals surface area contributed by atoms with Gasteiger partial charge < -0.3 is 13.6 Å². The largest absolute Gasteiger partial charge is 0.459 e. The number of esters is 1. The third-order valence-electron chi connectivity index (χ3n) is 2.91. The average Bonchev–Trinajstić information content (AvgIpc) is 3.23. The van der Waals surface area contributed by atoms with Crippen LogP contribution in [0.4, 0.5) is 5.69 Å². The van der Waals surface area contributed by atoms with Gasteiger partial charge in [-0.05, 0) is 18.2 Å². The summed E-state index contributed by atoms with van der Waals surface area (Å²) in [5, 5.41) is 18.0. The summed E-state index contributed by atoms with van der Waals surface area (Å²) in [5.74, 6) is -0.168. The molecule has 3 rings (SSSR count). The molecule has 0 N–H and O–H groups in total. The number of benzene rings is 1. The number of rotatable bonds is 5. The molecule has 0 radical (unpaired) electrons. The highest BCUT2D eigenvalue weighted by Gasteiger charge is 2.18. The Hall–Kier alpha value is -3.20. The zero-order valence-electron chi connectivity index (χ0n) is 11.8. The van der Waals surface area contributed by atoms with E-state index in [-0.39, 0.29) is 34.7 Å². The number of nitro groups is 1. The first-order valence-electron chi connectivity index (χ1n) is 6.52. The summed E-state index contributed by atoms with van der Waals surface area (Å²) >= 11 is 5.85. The van der Waals surface area contributed by atoms with Gasteiger partial charge >= 0.3 is 5.97 Å². The Kier molecular flexibility index (Phi) is 4.25. The Morgan fingerprint density at radius 2 is 2.17 bits per heavy atom. The van der Waals surface area contributed by atoms with Crippen molar-refractivity contribution in [1.82, 2.24) is 10.2 Å². The van der Waals surface area contributed by atoms with Gasteiger partial charge in [0.1, 0.15) is 0 Å². The topological polar surface area (TPSA) is 122 Å². The lowest BCUT2D eigenvalue weighted by Crippen LogP contribution is -2.06. The molecule has 9 nitrogen and oxygen atoms in total. The van der Waals surface area contributed by atoms with E-state index in [1.54, 1.807) is 12.1 Å². The zero-order valence-corrected chi connectivity index (χ0v) is 12.6. The minimum atomic E-state index is -0.771. The maximum absolute atomic E-state index is 12.0. The van der Waals surface area contributed by atoms with Gasteiger partial charge in [-0.3, -0.25) is 10.1 Å². The predicted octanol–water partition coefficient (Wildman–Crippen LogP) is 3.25. The number of nitrogens with zero attached hydrogens (tertiary/aromatic N) is 3. The summed E-state index contributed by atoms with van der Waals surface area (Å²) in [6, 6.07) is 6.74. The van der Waals surface area contributed by atoms with E-state index in [0.717, 1.165) is 12.1 Å². The number of hydrogen-bond acceptors (Lipinski definition) is 8. The van der Waals surface area contributed by atoms with Gasteiger partial charge in [0.25, 0.3) is 17.5 Å². The molecular formula is C14H8ClN3O6. The maximum atomic E-state index is 12.0. The number of carbonyl (C=O) groups excluding carboxylic acids is 1. The van der Waals surface area contributed by atoms with Crippen molar-refractivity contribution < 1.29 is 23.3 Å². The first-order valence-corrected chi connectivity index (χ1v) is 6.89. The van der Waals surface area contributed by atoms with E-state index in [0.29, 0.717) is 5.76 Å². The standard InChI is InChI=1S/C14H8ClN3O6/c15-10-6-8(18(20)21)3-4-9(10)14(19)23-7-12-16-17-13(24-12)11-2-1-5-22-11/h1-6H,7H2. The van der Waals surface area contributed by atoms with E-state index in [1.165, 1.54) is 12.3 Å². The van der Waals surface area contributed by atoms with Crippen LogP contribution in [0.3, 0.4) is 0 Å². The van der Waals surface area contributed by atoms with Crippen LogP contribution in [0, 0.1) is 10.1 Å². The van der Waals surface area contributed by atoms with Crippen molar-refractivity contribution >= 4 is 23.3 Å². The number of nitro benzene ring substituents is 1. The Labute approximate surface area is 139 Å². The minimum absolute atomic E-state index is 0.00644. The number of aromatic nitrogens is 2. The third kappa shape index (κ3) is 3.25.